The number of sulfonamides is 1. The van der Waals surface area contributed by atoms with E-state index >= 15 is 0 Å². The van der Waals surface area contributed by atoms with Gasteiger partial charge in [0, 0.05) is 18.5 Å². The first kappa shape index (κ1) is 14.2. The van der Waals surface area contributed by atoms with Crippen LogP contribution in [0.15, 0.2) is 0 Å². The molecular formula is C6H12BrF2NO3S. The van der Waals surface area contributed by atoms with Crippen molar-refractivity contribution in [2.75, 3.05) is 25.1 Å². The van der Waals surface area contributed by atoms with Gasteiger partial charge in [0.25, 0.3) is 10.0 Å². The molecule has 0 aromatic heterocycles. The van der Waals surface area contributed by atoms with Gasteiger partial charge < -0.3 is 4.74 Å². The van der Waals surface area contributed by atoms with Gasteiger partial charge in [0.15, 0.2) is 0 Å². The van der Waals surface area contributed by atoms with Gasteiger partial charge in [-0.3, -0.25) is 0 Å². The van der Waals surface area contributed by atoms with Crippen LogP contribution in [0.25, 0.3) is 0 Å². The quantitative estimate of drug-likeness (QED) is 0.535. The summed E-state index contributed by atoms with van der Waals surface area (Å²) in [4.78, 5) is 0. The SMILES string of the molecule is O=S(=O)(NCCCOCCBr)C(F)F. The number of halogens is 3. The minimum Gasteiger partial charge on any atom is -0.381 e. The molecule has 1 N–H and O–H groups in total. The van der Waals surface area contributed by atoms with E-state index in [1.807, 2.05) is 0 Å². The van der Waals surface area contributed by atoms with Crippen LogP contribution in [0.3, 0.4) is 0 Å². The molecule has 0 atom stereocenters. The molecule has 0 unspecified atom stereocenters. The van der Waals surface area contributed by atoms with Crippen molar-refractivity contribution >= 4 is 26.0 Å². The molecule has 0 rings (SSSR count). The van der Waals surface area contributed by atoms with Crippen LogP contribution < -0.4 is 4.72 Å². The molecule has 86 valence electrons. The lowest BCUT2D eigenvalue weighted by molar-refractivity contribution is 0.148. The standard InChI is InChI=1S/C6H12BrF2NO3S/c7-2-5-13-4-1-3-10-14(11,12)6(8)9/h6,10H,1-5H2. The Labute approximate surface area is 90.2 Å². The molecule has 0 fully saturated rings. The average molecular weight is 296 g/mol. The van der Waals surface area contributed by atoms with Crippen LogP contribution in [-0.4, -0.2) is 39.3 Å². The molecule has 0 aliphatic heterocycles. The van der Waals surface area contributed by atoms with Crippen LogP contribution in [0.5, 0.6) is 0 Å². The van der Waals surface area contributed by atoms with E-state index in [-0.39, 0.29) is 6.54 Å². The molecule has 0 aliphatic carbocycles. The predicted octanol–water partition coefficient (Wildman–Crippen LogP) is 0.930. The van der Waals surface area contributed by atoms with E-state index in [4.69, 9.17) is 4.74 Å². The van der Waals surface area contributed by atoms with Crippen molar-refractivity contribution in [3.63, 3.8) is 0 Å². The summed E-state index contributed by atoms with van der Waals surface area (Å²) in [6.45, 7) is 0.827. The maximum absolute atomic E-state index is 11.8. The van der Waals surface area contributed by atoms with Crippen molar-refractivity contribution in [3.05, 3.63) is 0 Å². The first-order valence-electron chi connectivity index (χ1n) is 3.91. The fourth-order valence-electron chi connectivity index (χ4n) is 0.608. The van der Waals surface area contributed by atoms with Gasteiger partial charge in [-0.15, -0.1) is 0 Å². The Morgan fingerprint density at radius 2 is 2.00 bits per heavy atom. The topological polar surface area (TPSA) is 55.4 Å². The Morgan fingerprint density at radius 1 is 1.36 bits per heavy atom. The van der Waals surface area contributed by atoms with Gasteiger partial charge in [0.1, 0.15) is 0 Å². The van der Waals surface area contributed by atoms with Crippen LogP contribution >= 0.6 is 15.9 Å². The first-order valence-corrected chi connectivity index (χ1v) is 6.58. The fourth-order valence-corrected chi connectivity index (χ4v) is 1.39. The Bertz CT molecular complexity index is 235. The minimum absolute atomic E-state index is 0.0328. The highest BCUT2D eigenvalue weighted by molar-refractivity contribution is 9.09. The lowest BCUT2D eigenvalue weighted by Gasteiger charge is -2.05. The van der Waals surface area contributed by atoms with Gasteiger partial charge in [0.05, 0.1) is 6.61 Å². The number of hydrogen-bond acceptors (Lipinski definition) is 3. The smallest absolute Gasteiger partial charge is 0.350 e. The summed E-state index contributed by atoms with van der Waals surface area (Å²) >= 11 is 3.13. The van der Waals surface area contributed by atoms with E-state index in [9.17, 15) is 17.2 Å². The van der Waals surface area contributed by atoms with Crippen molar-refractivity contribution < 1.29 is 21.9 Å². The van der Waals surface area contributed by atoms with Crippen LogP contribution in [0, 0.1) is 0 Å². The van der Waals surface area contributed by atoms with E-state index in [2.05, 4.69) is 15.9 Å². The van der Waals surface area contributed by atoms with Crippen LogP contribution in [0.4, 0.5) is 8.78 Å². The summed E-state index contributed by atoms with van der Waals surface area (Å²) in [6, 6.07) is 0. The summed E-state index contributed by atoms with van der Waals surface area (Å²) in [7, 11) is -4.44. The van der Waals surface area contributed by atoms with Crippen LogP contribution in [0.2, 0.25) is 0 Å². The van der Waals surface area contributed by atoms with E-state index in [1.54, 1.807) is 4.72 Å². The van der Waals surface area contributed by atoms with E-state index in [0.29, 0.717) is 25.0 Å². The molecule has 0 radical (unpaired) electrons. The molecule has 0 heterocycles. The normalized spacial score (nSPS) is 12.3. The summed E-state index contributed by atoms with van der Waals surface area (Å²) < 4.78 is 51.3. The van der Waals surface area contributed by atoms with Crippen molar-refractivity contribution in [2.24, 2.45) is 0 Å². The third kappa shape index (κ3) is 6.63. The highest BCUT2D eigenvalue weighted by Gasteiger charge is 2.22. The van der Waals surface area contributed by atoms with Crippen molar-refractivity contribution in [1.29, 1.82) is 0 Å². The molecule has 0 aliphatic rings. The highest BCUT2D eigenvalue weighted by Crippen LogP contribution is 2.01. The molecule has 0 saturated carbocycles. The Kier molecular flexibility index (Phi) is 7.61. The molecule has 0 saturated heterocycles. The van der Waals surface area contributed by atoms with Gasteiger partial charge in [-0.25, -0.2) is 13.1 Å². The molecule has 8 heteroatoms. The van der Waals surface area contributed by atoms with Gasteiger partial charge in [-0.2, -0.15) is 8.78 Å². The summed E-state index contributed by atoms with van der Waals surface area (Å²) in [6.07, 6.45) is 0.374. The molecule has 4 nitrogen and oxygen atoms in total. The number of alkyl halides is 3. The van der Waals surface area contributed by atoms with Crippen molar-refractivity contribution in [3.8, 4) is 0 Å². The highest BCUT2D eigenvalue weighted by atomic mass is 79.9. The van der Waals surface area contributed by atoms with Crippen LogP contribution in [0.1, 0.15) is 6.42 Å². The van der Waals surface area contributed by atoms with Gasteiger partial charge in [0.2, 0.25) is 0 Å². The van der Waals surface area contributed by atoms with Crippen molar-refractivity contribution in [2.45, 2.75) is 12.2 Å². The van der Waals surface area contributed by atoms with Crippen molar-refractivity contribution in [1.82, 2.24) is 4.72 Å². The lowest BCUT2D eigenvalue weighted by Crippen LogP contribution is -2.30. The Balaban J connectivity index is 3.46. The third-order valence-corrected chi connectivity index (χ3v) is 2.62. The van der Waals surface area contributed by atoms with E-state index < -0.39 is 15.8 Å². The zero-order chi connectivity index (χ0) is 11.0. The summed E-state index contributed by atoms with van der Waals surface area (Å²) in [5.41, 5.74) is 0. The largest absolute Gasteiger partial charge is 0.381 e. The molecule has 0 aromatic rings. The van der Waals surface area contributed by atoms with Crippen LogP contribution in [-0.2, 0) is 14.8 Å². The maximum Gasteiger partial charge on any atom is 0.350 e. The zero-order valence-corrected chi connectivity index (χ0v) is 9.78. The average Bonchev–Trinajstić information content (AvgIpc) is 2.10. The monoisotopic (exact) mass is 295 g/mol. The zero-order valence-electron chi connectivity index (χ0n) is 7.38. The van der Waals surface area contributed by atoms with Gasteiger partial charge >= 0.3 is 5.76 Å². The number of hydrogen-bond donors (Lipinski definition) is 1. The second-order valence-electron chi connectivity index (χ2n) is 2.35. The molecular weight excluding hydrogens is 284 g/mol. The second-order valence-corrected chi connectivity index (χ2v) is 4.88. The molecule has 0 amide bonds. The minimum atomic E-state index is -4.44. The fraction of sp³-hybridized carbons (Fsp3) is 1.00. The number of ether oxygens (including phenoxy) is 1. The summed E-state index contributed by atoms with van der Waals surface area (Å²) in [5, 5.41) is 0.690. The first-order chi connectivity index (χ1) is 6.50. The van der Waals surface area contributed by atoms with Gasteiger partial charge in [-0.1, -0.05) is 15.9 Å². The molecule has 14 heavy (non-hydrogen) atoms. The van der Waals surface area contributed by atoms with E-state index in [0.717, 1.165) is 0 Å². The number of rotatable bonds is 8. The van der Waals surface area contributed by atoms with Gasteiger partial charge in [-0.05, 0) is 6.42 Å². The maximum atomic E-state index is 11.8. The Morgan fingerprint density at radius 3 is 2.50 bits per heavy atom. The lowest BCUT2D eigenvalue weighted by atomic mass is 10.5. The third-order valence-electron chi connectivity index (χ3n) is 1.22. The second kappa shape index (κ2) is 7.49. The molecule has 0 bridgehead atoms. The summed E-state index contributed by atoms with van der Waals surface area (Å²) in [5.74, 6) is -3.37. The predicted molar refractivity (Wildman–Crippen MR) is 52.2 cm³/mol. The number of nitrogens with one attached hydrogen (secondary N) is 1. The molecule has 0 spiro atoms. The Hall–Kier alpha value is 0.210. The molecule has 0 aromatic carbocycles. The van der Waals surface area contributed by atoms with E-state index in [1.165, 1.54) is 0 Å².